The number of anilines is 1. The summed E-state index contributed by atoms with van der Waals surface area (Å²) in [5.74, 6) is 0.689. The van der Waals surface area contributed by atoms with Crippen molar-refractivity contribution in [1.29, 1.82) is 0 Å². The fourth-order valence-electron chi connectivity index (χ4n) is 3.92. The molecule has 29 heavy (non-hydrogen) atoms. The van der Waals surface area contributed by atoms with Crippen LogP contribution in [0.3, 0.4) is 0 Å². The molecule has 1 aromatic heterocycles. The third-order valence-electron chi connectivity index (χ3n) is 5.76. The number of nitrogens with zero attached hydrogens (tertiary/aromatic N) is 3. The largest absolute Gasteiger partial charge is 0.370 e. The zero-order valence-corrected chi connectivity index (χ0v) is 15.9. The smallest absolute Gasteiger partial charge is 0.255 e. The molecule has 8 nitrogen and oxygen atoms in total. The van der Waals surface area contributed by atoms with Crippen LogP contribution in [0.5, 0.6) is 0 Å². The van der Waals surface area contributed by atoms with Gasteiger partial charge in [-0.15, -0.1) is 0 Å². The first-order chi connectivity index (χ1) is 14.1. The third kappa shape index (κ3) is 3.46. The second kappa shape index (κ2) is 6.95. The minimum absolute atomic E-state index is 0.171. The molecular weight excluding hydrogens is 370 g/mol. The van der Waals surface area contributed by atoms with Crippen LogP contribution in [0, 0.1) is 5.92 Å². The molecule has 2 aliphatic heterocycles. The number of aromatic nitrogens is 2. The predicted octanol–water partition coefficient (Wildman–Crippen LogP) is 1.73. The molecule has 0 spiro atoms. The molecule has 3 aliphatic rings. The van der Waals surface area contributed by atoms with E-state index in [1.54, 1.807) is 17.3 Å². The highest BCUT2D eigenvalue weighted by atomic mass is 16.2. The Kier molecular flexibility index (Phi) is 4.26. The molecule has 2 fully saturated rings. The summed E-state index contributed by atoms with van der Waals surface area (Å²) in [6, 6.07) is 6.93. The Balaban J connectivity index is 1.36. The van der Waals surface area contributed by atoms with Gasteiger partial charge in [0.2, 0.25) is 11.8 Å². The molecule has 1 atom stereocenters. The lowest BCUT2D eigenvalue weighted by molar-refractivity contribution is -0.136. The Morgan fingerprint density at radius 3 is 2.76 bits per heavy atom. The van der Waals surface area contributed by atoms with Gasteiger partial charge < -0.3 is 10.2 Å². The molecule has 148 valence electrons. The molecule has 1 aliphatic carbocycles. The van der Waals surface area contributed by atoms with E-state index in [0.29, 0.717) is 18.5 Å². The van der Waals surface area contributed by atoms with Crippen LogP contribution in [0.15, 0.2) is 30.6 Å². The van der Waals surface area contributed by atoms with Gasteiger partial charge in [0.25, 0.3) is 5.91 Å². The molecule has 1 saturated carbocycles. The van der Waals surface area contributed by atoms with Crippen LogP contribution in [-0.2, 0) is 16.1 Å². The first-order valence-corrected chi connectivity index (χ1v) is 9.92. The van der Waals surface area contributed by atoms with Crippen molar-refractivity contribution in [2.75, 3.05) is 11.9 Å². The third-order valence-corrected chi connectivity index (χ3v) is 5.76. The van der Waals surface area contributed by atoms with Gasteiger partial charge in [0, 0.05) is 36.7 Å². The van der Waals surface area contributed by atoms with E-state index in [-0.39, 0.29) is 18.2 Å². The van der Waals surface area contributed by atoms with Crippen LogP contribution in [0.1, 0.15) is 41.6 Å². The van der Waals surface area contributed by atoms with Gasteiger partial charge in [0.1, 0.15) is 18.2 Å². The number of hydrogen-bond donors (Lipinski definition) is 2. The van der Waals surface area contributed by atoms with Gasteiger partial charge in [0.15, 0.2) is 0 Å². The number of benzene rings is 1. The van der Waals surface area contributed by atoms with E-state index in [1.165, 1.54) is 12.8 Å². The summed E-state index contributed by atoms with van der Waals surface area (Å²) in [6.07, 6.45) is 4.69. The van der Waals surface area contributed by atoms with Gasteiger partial charge >= 0.3 is 0 Å². The van der Waals surface area contributed by atoms with Crippen molar-refractivity contribution in [3.63, 3.8) is 0 Å². The van der Waals surface area contributed by atoms with E-state index in [4.69, 9.17) is 0 Å². The Morgan fingerprint density at radius 1 is 1.10 bits per heavy atom. The van der Waals surface area contributed by atoms with Crippen LogP contribution in [-0.4, -0.2) is 45.2 Å². The van der Waals surface area contributed by atoms with Gasteiger partial charge in [-0.2, -0.15) is 0 Å². The van der Waals surface area contributed by atoms with Crippen molar-refractivity contribution >= 4 is 23.5 Å². The van der Waals surface area contributed by atoms with Gasteiger partial charge in [-0.1, -0.05) is 6.07 Å². The number of imide groups is 1. The van der Waals surface area contributed by atoms with E-state index < -0.39 is 11.9 Å². The predicted molar refractivity (Wildman–Crippen MR) is 105 cm³/mol. The summed E-state index contributed by atoms with van der Waals surface area (Å²) in [6.45, 7) is 1.28. The lowest BCUT2D eigenvalue weighted by atomic mass is 10.0. The van der Waals surface area contributed by atoms with Crippen molar-refractivity contribution < 1.29 is 14.4 Å². The number of fused-ring (bicyclic) bond motifs is 1. The van der Waals surface area contributed by atoms with E-state index in [2.05, 4.69) is 20.6 Å². The number of piperidine rings is 1. The van der Waals surface area contributed by atoms with E-state index in [1.807, 2.05) is 18.2 Å². The van der Waals surface area contributed by atoms with Gasteiger partial charge in [-0.05, 0) is 42.9 Å². The molecule has 3 heterocycles. The highest BCUT2D eigenvalue weighted by Crippen LogP contribution is 2.31. The summed E-state index contributed by atoms with van der Waals surface area (Å²) in [5, 5.41) is 5.67. The molecule has 1 unspecified atom stereocenters. The molecule has 8 heteroatoms. The highest BCUT2D eigenvalue weighted by molar-refractivity contribution is 6.05. The second-order valence-electron chi connectivity index (χ2n) is 7.88. The molecule has 5 rings (SSSR count). The average molecular weight is 391 g/mol. The fraction of sp³-hybridized carbons (Fsp3) is 0.381. The zero-order valence-electron chi connectivity index (χ0n) is 15.9. The number of rotatable bonds is 5. The van der Waals surface area contributed by atoms with Crippen molar-refractivity contribution in [3.05, 3.63) is 41.7 Å². The average Bonchev–Trinajstić information content (AvgIpc) is 3.50. The maximum Gasteiger partial charge on any atom is 0.255 e. The maximum atomic E-state index is 12.8. The van der Waals surface area contributed by atoms with Crippen molar-refractivity contribution in [1.82, 2.24) is 20.2 Å². The van der Waals surface area contributed by atoms with Gasteiger partial charge in [-0.25, -0.2) is 9.97 Å². The minimum Gasteiger partial charge on any atom is -0.370 e. The maximum absolute atomic E-state index is 12.8. The molecule has 3 amide bonds. The summed E-state index contributed by atoms with van der Waals surface area (Å²) in [5.41, 5.74) is 3.15. The zero-order chi connectivity index (χ0) is 20.0. The highest BCUT2D eigenvalue weighted by Gasteiger charge is 2.39. The standard InChI is InChI=1S/C21H21N5O3/c27-19-6-5-17(20(28)25-19)26-10-14-7-13(3-4-15(14)21(26)29)16-8-18(24-11-23-16)22-9-12-1-2-12/h3-4,7-8,11-12,17H,1-2,5-6,9-10H2,(H,22,23,24)(H,25,27,28). The molecule has 1 aromatic carbocycles. The number of carbonyl (C=O) groups excluding carboxylic acids is 3. The Hall–Kier alpha value is -3.29. The lowest BCUT2D eigenvalue weighted by Gasteiger charge is -2.29. The van der Waals surface area contributed by atoms with E-state index >= 15 is 0 Å². The molecular formula is C21H21N5O3. The Bertz CT molecular complexity index is 1020. The Morgan fingerprint density at radius 2 is 1.97 bits per heavy atom. The monoisotopic (exact) mass is 391 g/mol. The number of amides is 3. The van der Waals surface area contributed by atoms with Gasteiger partial charge in [-0.3, -0.25) is 19.7 Å². The van der Waals surface area contributed by atoms with Gasteiger partial charge in [0.05, 0.1) is 5.69 Å². The molecule has 0 radical (unpaired) electrons. The number of hydrogen-bond acceptors (Lipinski definition) is 6. The molecule has 2 aromatic rings. The summed E-state index contributed by atoms with van der Waals surface area (Å²) in [7, 11) is 0. The van der Waals surface area contributed by atoms with E-state index in [0.717, 1.165) is 35.1 Å². The van der Waals surface area contributed by atoms with Crippen molar-refractivity contribution in [2.24, 2.45) is 5.92 Å². The second-order valence-corrected chi connectivity index (χ2v) is 7.88. The first kappa shape index (κ1) is 17.8. The van der Waals surface area contributed by atoms with Crippen LogP contribution < -0.4 is 10.6 Å². The topological polar surface area (TPSA) is 104 Å². The normalized spacial score (nSPS) is 21.2. The fourth-order valence-corrected chi connectivity index (χ4v) is 3.92. The van der Waals surface area contributed by atoms with Crippen molar-refractivity contribution in [3.8, 4) is 11.3 Å². The summed E-state index contributed by atoms with van der Waals surface area (Å²) < 4.78 is 0. The molecule has 1 saturated heterocycles. The quantitative estimate of drug-likeness (QED) is 0.752. The van der Waals surface area contributed by atoms with Crippen LogP contribution in [0.2, 0.25) is 0 Å². The summed E-state index contributed by atoms with van der Waals surface area (Å²) in [4.78, 5) is 46.6. The first-order valence-electron chi connectivity index (χ1n) is 9.92. The Labute approximate surface area is 167 Å². The molecule has 0 bridgehead atoms. The lowest BCUT2D eigenvalue weighted by Crippen LogP contribution is -2.52. The minimum atomic E-state index is -0.603. The number of carbonyl (C=O) groups is 3. The van der Waals surface area contributed by atoms with Crippen molar-refractivity contribution in [2.45, 2.75) is 38.3 Å². The SMILES string of the molecule is O=C1CCC(N2Cc3cc(-c4cc(NCC5CC5)ncn4)ccc3C2=O)C(=O)N1. The summed E-state index contributed by atoms with van der Waals surface area (Å²) >= 11 is 0. The van der Waals surface area contributed by atoms with Crippen LogP contribution >= 0.6 is 0 Å². The number of nitrogens with one attached hydrogen (secondary N) is 2. The van der Waals surface area contributed by atoms with Crippen LogP contribution in [0.4, 0.5) is 5.82 Å². The van der Waals surface area contributed by atoms with Crippen LogP contribution in [0.25, 0.3) is 11.3 Å². The molecule has 2 N–H and O–H groups in total. The van der Waals surface area contributed by atoms with E-state index in [9.17, 15) is 14.4 Å².